The first kappa shape index (κ1) is 24.4. The number of benzene rings is 1. The molecule has 0 spiro atoms. The second-order valence-corrected chi connectivity index (χ2v) is 8.56. The van der Waals surface area contributed by atoms with Crippen LogP contribution in [0.4, 0.5) is 14.6 Å². The van der Waals surface area contributed by atoms with E-state index in [4.69, 9.17) is 0 Å². The molecule has 4 rings (SSSR count). The first-order valence-electron chi connectivity index (χ1n) is 11.4. The molecular weight excluding hydrogens is 452 g/mol. The van der Waals surface area contributed by atoms with E-state index in [1.54, 1.807) is 24.5 Å². The van der Waals surface area contributed by atoms with Crippen molar-refractivity contribution in [3.63, 3.8) is 0 Å². The van der Waals surface area contributed by atoms with Crippen molar-refractivity contribution in [2.75, 3.05) is 37.6 Å². The highest BCUT2D eigenvalue weighted by Gasteiger charge is 2.24. The summed E-state index contributed by atoms with van der Waals surface area (Å²) < 4.78 is 28.5. The van der Waals surface area contributed by atoms with Gasteiger partial charge in [-0.1, -0.05) is 17.3 Å². The van der Waals surface area contributed by atoms with Crippen molar-refractivity contribution >= 4 is 17.8 Å². The quantitative estimate of drug-likeness (QED) is 0.229. The summed E-state index contributed by atoms with van der Waals surface area (Å²) in [4.78, 5) is 23.8. The first-order chi connectivity index (χ1) is 17.0. The smallest absolute Gasteiger partial charge is 0.133 e. The lowest BCUT2D eigenvalue weighted by Crippen LogP contribution is -2.47. The van der Waals surface area contributed by atoms with Crippen LogP contribution in [0.5, 0.6) is 0 Å². The standard InChI is InChI=1S/C26H27F2N5O2/c1-18-14-19(6-7-29-18)25(31-35)16-23(22-4-3-21(27)15-24(22)28)20-2-5-26(30-17-20)33-10-8-32(9-11-33)12-13-34/h2-7,13-15,17,23,35H,8-12,16H2,1H3/b31-25+. The number of pyridine rings is 2. The summed E-state index contributed by atoms with van der Waals surface area (Å²) in [5.74, 6) is -1.10. The fourth-order valence-electron chi connectivity index (χ4n) is 4.38. The van der Waals surface area contributed by atoms with Crippen LogP contribution in [0.2, 0.25) is 0 Å². The molecular formula is C26H27F2N5O2. The van der Waals surface area contributed by atoms with Gasteiger partial charge in [0.15, 0.2) is 0 Å². The van der Waals surface area contributed by atoms with Gasteiger partial charge in [-0.2, -0.15) is 0 Å². The molecule has 1 unspecified atom stereocenters. The summed E-state index contributed by atoms with van der Waals surface area (Å²) in [6.07, 6.45) is 4.39. The van der Waals surface area contributed by atoms with Crippen LogP contribution < -0.4 is 4.90 Å². The van der Waals surface area contributed by atoms with Crippen LogP contribution in [0.3, 0.4) is 0 Å². The highest BCUT2D eigenvalue weighted by molar-refractivity contribution is 6.00. The Bertz CT molecular complexity index is 1190. The Balaban J connectivity index is 1.62. The SMILES string of the molecule is Cc1cc(/C(CC(c2ccc(N3CCN(CC=O)CC3)nc2)c2ccc(F)cc2F)=N/O)ccn1. The number of carbonyl (C=O) groups excluding carboxylic acids is 1. The summed E-state index contributed by atoms with van der Waals surface area (Å²) in [7, 11) is 0. The number of halogens is 2. The maximum Gasteiger partial charge on any atom is 0.133 e. The van der Waals surface area contributed by atoms with E-state index >= 15 is 0 Å². The third-order valence-electron chi connectivity index (χ3n) is 6.29. The number of piperazine rings is 1. The normalized spacial score (nSPS) is 15.7. The topological polar surface area (TPSA) is 81.9 Å². The number of anilines is 1. The Morgan fingerprint density at radius 1 is 1.11 bits per heavy atom. The fraction of sp³-hybridized carbons (Fsp3) is 0.308. The average molecular weight is 480 g/mol. The molecule has 35 heavy (non-hydrogen) atoms. The maximum absolute atomic E-state index is 14.9. The van der Waals surface area contributed by atoms with Gasteiger partial charge in [0.1, 0.15) is 23.7 Å². The van der Waals surface area contributed by atoms with Crippen LogP contribution in [0.15, 0.2) is 60.0 Å². The Kier molecular flexibility index (Phi) is 7.77. The van der Waals surface area contributed by atoms with Crippen LogP contribution in [0.25, 0.3) is 0 Å². The molecule has 1 fully saturated rings. The number of carbonyl (C=O) groups is 1. The number of aryl methyl sites for hydroxylation is 1. The fourth-order valence-corrected chi connectivity index (χ4v) is 4.38. The van der Waals surface area contributed by atoms with E-state index < -0.39 is 17.6 Å². The molecule has 3 heterocycles. The van der Waals surface area contributed by atoms with Gasteiger partial charge in [-0.05, 0) is 42.3 Å². The van der Waals surface area contributed by atoms with Gasteiger partial charge in [0, 0.05) is 68.2 Å². The average Bonchev–Trinajstić information content (AvgIpc) is 2.86. The molecule has 2 aromatic heterocycles. The lowest BCUT2D eigenvalue weighted by molar-refractivity contribution is -0.108. The minimum atomic E-state index is -0.673. The van der Waals surface area contributed by atoms with Crippen molar-refractivity contribution in [3.8, 4) is 0 Å². The lowest BCUT2D eigenvalue weighted by Gasteiger charge is -2.34. The molecule has 1 saturated heterocycles. The summed E-state index contributed by atoms with van der Waals surface area (Å²) >= 11 is 0. The number of aldehydes is 1. The minimum Gasteiger partial charge on any atom is -0.411 e. The molecule has 1 aliphatic rings. The summed E-state index contributed by atoms with van der Waals surface area (Å²) in [6, 6.07) is 10.8. The third kappa shape index (κ3) is 5.86. The molecule has 1 atom stereocenters. The van der Waals surface area contributed by atoms with E-state index in [0.717, 1.165) is 50.0 Å². The molecule has 0 saturated carbocycles. The summed E-state index contributed by atoms with van der Waals surface area (Å²) in [6.45, 7) is 5.30. The molecule has 1 aromatic carbocycles. The Morgan fingerprint density at radius 3 is 2.54 bits per heavy atom. The van der Waals surface area contributed by atoms with Gasteiger partial charge in [-0.3, -0.25) is 9.88 Å². The molecule has 3 aromatic rings. The van der Waals surface area contributed by atoms with E-state index in [2.05, 4.69) is 24.9 Å². The Morgan fingerprint density at radius 2 is 1.91 bits per heavy atom. The number of aromatic nitrogens is 2. The van der Waals surface area contributed by atoms with E-state index in [0.29, 0.717) is 23.4 Å². The molecule has 0 bridgehead atoms. The summed E-state index contributed by atoms with van der Waals surface area (Å²) in [5, 5.41) is 13.3. The molecule has 1 N–H and O–H groups in total. The second-order valence-electron chi connectivity index (χ2n) is 8.56. The van der Waals surface area contributed by atoms with Crippen molar-refractivity contribution in [2.24, 2.45) is 5.16 Å². The van der Waals surface area contributed by atoms with Gasteiger partial charge in [-0.25, -0.2) is 13.8 Å². The van der Waals surface area contributed by atoms with Gasteiger partial charge in [0.25, 0.3) is 0 Å². The highest BCUT2D eigenvalue weighted by atomic mass is 19.1. The predicted molar refractivity (Wildman–Crippen MR) is 129 cm³/mol. The van der Waals surface area contributed by atoms with E-state index in [9.17, 15) is 18.8 Å². The number of hydrogen-bond acceptors (Lipinski definition) is 7. The zero-order valence-corrected chi connectivity index (χ0v) is 19.4. The predicted octanol–water partition coefficient (Wildman–Crippen LogP) is 3.78. The molecule has 0 amide bonds. The van der Waals surface area contributed by atoms with Crippen LogP contribution in [-0.4, -0.2) is 64.8 Å². The number of hydrogen-bond donors (Lipinski definition) is 1. The number of oxime groups is 1. The highest BCUT2D eigenvalue weighted by Crippen LogP contribution is 2.32. The zero-order valence-electron chi connectivity index (χ0n) is 19.4. The van der Waals surface area contributed by atoms with E-state index in [1.807, 2.05) is 19.1 Å². The van der Waals surface area contributed by atoms with Gasteiger partial charge >= 0.3 is 0 Å². The molecule has 0 radical (unpaired) electrons. The van der Waals surface area contributed by atoms with Crippen LogP contribution in [0.1, 0.15) is 34.7 Å². The van der Waals surface area contributed by atoms with Crippen LogP contribution in [0, 0.1) is 18.6 Å². The Labute approximate surface area is 202 Å². The van der Waals surface area contributed by atoms with Gasteiger partial charge in [-0.15, -0.1) is 0 Å². The first-order valence-corrected chi connectivity index (χ1v) is 11.4. The minimum absolute atomic E-state index is 0.175. The van der Waals surface area contributed by atoms with Gasteiger partial charge in [0.2, 0.25) is 0 Å². The Hall–Kier alpha value is -3.72. The third-order valence-corrected chi connectivity index (χ3v) is 6.29. The zero-order chi connectivity index (χ0) is 24.8. The second kappa shape index (κ2) is 11.1. The van der Waals surface area contributed by atoms with Crippen molar-refractivity contribution in [3.05, 3.63) is 88.9 Å². The monoisotopic (exact) mass is 479 g/mol. The van der Waals surface area contributed by atoms with Crippen molar-refractivity contribution in [1.29, 1.82) is 0 Å². The molecule has 182 valence electrons. The van der Waals surface area contributed by atoms with Crippen molar-refractivity contribution in [1.82, 2.24) is 14.9 Å². The van der Waals surface area contributed by atoms with E-state index in [-0.39, 0.29) is 12.0 Å². The molecule has 1 aliphatic heterocycles. The van der Waals surface area contributed by atoms with Crippen molar-refractivity contribution < 1.29 is 18.8 Å². The largest absolute Gasteiger partial charge is 0.411 e. The maximum atomic E-state index is 14.9. The van der Waals surface area contributed by atoms with Gasteiger partial charge < -0.3 is 14.9 Å². The molecule has 7 nitrogen and oxygen atoms in total. The summed E-state index contributed by atoms with van der Waals surface area (Å²) in [5.41, 5.74) is 2.79. The number of nitrogens with zero attached hydrogens (tertiary/aromatic N) is 5. The van der Waals surface area contributed by atoms with Crippen LogP contribution >= 0.6 is 0 Å². The number of rotatable bonds is 8. The van der Waals surface area contributed by atoms with Crippen molar-refractivity contribution in [2.45, 2.75) is 19.3 Å². The van der Waals surface area contributed by atoms with E-state index in [1.165, 1.54) is 12.1 Å². The van der Waals surface area contributed by atoms with Gasteiger partial charge in [0.05, 0.1) is 12.3 Å². The molecule has 9 heteroatoms. The van der Waals surface area contributed by atoms with Crippen LogP contribution in [-0.2, 0) is 4.79 Å². The molecule has 0 aliphatic carbocycles. The lowest BCUT2D eigenvalue weighted by atomic mass is 9.86.